The molecule has 4 rings (SSSR count). The number of pyridine rings is 1. The molecule has 1 N–H and O–H groups in total. The Morgan fingerprint density at radius 3 is 2.86 bits per heavy atom. The fraction of sp³-hybridized carbons (Fsp3) is 0.480. The Labute approximate surface area is 169 Å². The van der Waals surface area contributed by atoms with Crippen LogP contribution in [0.15, 0.2) is 54.2 Å². The Hall–Kier alpha value is -1.97. The summed E-state index contributed by atoms with van der Waals surface area (Å²) in [5.41, 5.74) is 7.20. The highest BCUT2D eigenvalue weighted by Crippen LogP contribution is 2.33. The zero-order chi connectivity index (χ0) is 19.3. The summed E-state index contributed by atoms with van der Waals surface area (Å²) in [6, 6.07) is 14.2. The van der Waals surface area contributed by atoms with Gasteiger partial charge in [-0.2, -0.15) is 0 Å². The Morgan fingerprint density at radius 2 is 2.00 bits per heavy atom. The number of allylic oxidation sites excluding steroid dienone is 1. The molecule has 2 aromatic rings. The van der Waals surface area contributed by atoms with Gasteiger partial charge < -0.3 is 5.32 Å². The van der Waals surface area contributed by atoms with E-state index in [9.17, 15) is 0 Å². The lowest BCUT2D eigenvalue weighted by Crippen LogP contribution is -2.46. The molecule has 0 saturated heterocycles. The van der Waals surface area contributed by atoms with Crippen molar-refractivity contribution in [2.75, 3.05) is 13.1 Å². The molecule has 1 aliphatic carbocycles. The number of benzene rings is 1. The summed E-state index contributed by atoms with van der Waals surface area (Å²) in [6.45, 7) is 7.60. The minimum absolute atomic E-state index is 0.434. The maximum absolute atomic E-state index is 4.82. The standard InChI is InChI=1S/C25H33N3/c1-3-8-19(2)17-28(24-13-6-11-20-12-7-14-26-25(20)24)18-23-15-21-9-4-5-10-22(21)16-27-23/h4-5,7-10,12,14,23-24,27H,3,6,11,13,15-18H2,1-2H3/b19-8-/t23-,24+/m1/s1. The lowest BCUT2D eigenvalue weighted by Gasteiger charge is -2.38. The number of nitrogens with zero attached hydrogens (tertiary/aromatic N) is 2. The molecule has 0 radical (unpaired) electrons. The van der Waals surface area contributed by atoms with E-state index in [-0.39, 0.29) is 0 Å². The highest BCUT2D eigenvalue weighted by molar-refractivity contribution is 5.30. The first-order valence-corrected chi connectivity index (χ1v) is 10.9. The molecule has 28 heavy (non-hydrogen) atoms. The van der Waals surface area contributed by atoms with Crippen molar-refractivity contribution in [3.63, 3.8) is 0 Å². The molecule has 0 fully saturated rings. The highest BCUT2D eigenvalue weighted by atomic mass is 15.2. The summed E-state index contributed by atoms with van der Waals surface area (Å²) >= 11 is 0. The Morgan fingerprint density at radius 1 is 1.18 bits per heavy atom. The largest absolute Gasteiger partial charge is 0.308 e. The summed E-state index contributed by atoms with van der Waals surface area (Å²) in [5.74, 6) is 0. The van der Waals surface area contributed by atoms with Crippen molar-refractivity contribution in [3.8, 4) is 0 Å². The molecule has 2 heterocycles. The van der Waals surface area contributed by atoms with Crippen molar-refractivity contribution in [2.24, 2.45) is 0 Å². The molecule has 0 bridgehead atoms. The first-order chi connectivity index (χ1) is 13.7. The van der Waals surface area contributed by atoms with Crippen LogP contribution in [-0.2, 0) is 19.4 Å². The van der Waals surface area contributed by atoms with E-state index < -0.39 is 0 Å². The third kappa shape index (κ3) is 4.37. The smallest absolute Gasteiger partial charge is 0.0607 e. The Balaban J connectivity index is 1.56. The predicted molar refractivity (Wildman–Crippen MR) is 116 cm³/mol. The van der Waals surface area contributed by atoms with Gasteiger partial charge >= 0.3 is 0 Å². The van der Waals surface area contributed by atoms with E-state index in [0.29, 0.717) is 12.1 Å². The zero-order valence-corrected chi connectivity index (χ0v) is 17.3. The Bertz CT molecular complexity index is 826. The van der Waals surface area contributed by atoms with Crippen molar-refractivity contribution in [1.82, 2.24) is 15.2 Å². The third-order valence-corrected chi connectivity index (χ3v) is 6.23. The van der Waals surface area contributed by atoms with Gasteiger partial charge in [-0.3, -0.25) is 9.88 Å². The van der Waals surface area contributed by atoms with E-state index in [2.05, 4.69) is 66.5 Å². The van der Waals surface area contributed by atoms with Crippen LogP contribution in [0.25, 0.3) is 0 Å². The first-order valence-electron chi connectivity index (χ1n) is 10.9. The van der Waals surface area contributed by atoms with Crippen LogP contribution >= 0.6 is 0 Å². The molecule has 1 aliphatic heterocycles. The molecule has 0 spiro atoms. The number of aryl methyl sites for hydroxylation is 1. The molecule has 3 heteroatoms. The SMILES string of the molecule is CC/C=C(/C)CN(C[C@H]1Cc2ccccc2CN1)[C@H]1CCCc2cccnc21. The van der Waals surface area contributed by atoms with Gasteiger partial charge in [-0.1, -0.05) is 48.9 Å². The van der Waals surface area contributed by atoms with E-state index in [1.165, 1.54) is 47.2 Å². The van der Waals surface area contributed by atoms with E-state index in [0.717, 1.165) is 32.5 Å². The summed E-state index contributed by atoms with van der Waals surface area (Å²) in [6.07, 6.45) is 10.2. The van der Waals surface area contributed by atoms with E-state index in [1.807, 2.05) is 6.20 Å². The van der Waals surface area contributed by atoms with Crippen molar-refractivity contribution >= 4 is 0 Å². The molecule has 0 unspecified atom stereocenters. The van der Waals surface area contributed by atoms with Crippen molar-refractivity contribution < 1.29 is 0 Å². The third-order valence-electron chi connectivity index (χ3n) is 6.23. The minimum atomic E-state index is 0.434. The lowest BCUT2D eigenvalue weighted by molar-refractivity contribution is 0.166. The molecular weight excluding hydrogens is 342 g/mol. The molecule has 0 amide bonds. The highest BCUT2D eigenvalue weighted by Gasteiger charge is 2.29. The number of nitrogens with one attached hydrogen (secondary N) is 1. The predicted octanol–water partition coefficient (Wildman–Crippen LogP) is 4.83. The molecule has 0 saturated carbocycles. The minimum Gasteiger partial charge on any atom is -0.308 e. The molecule has 2 aliphatic rings. The van der Waals surface area contributed by atoms with Gasteiger partial charge in [-0.05, 0) is 61.8 Å². The Kier molecular flexibility index (Phi) is 6.23. The number of hydrogen-bond donors (Lipinski definition) is 1. The van der Waals surface area contributed by atoms with Crippen molar-refractivity contribution in [3.05, 3.63) is 76.6 Å². The van der Waals surface area contributed by atoms with Gasteiger partial charge in [0.2, 0.25) is 0 Å². The summed E-state index contributed by atoms with van der Waals surface area (Å²) < 4.78 is 0. The van der Waals surface area contributed by atoms with Gasteiger partial charge in [0.05, 0.1) is 11.7 Å². The van der Waals surface area contributed by atoms with Crippen LogP contribution in [0.4, 0.5) is 0 Å². The normalized spacial score (nSPS) is 22.0. The van der Waals surface area contributed by atoms with Crippen LogP contribution in [0.5, 0.6) is 0 Å². The quantitative estimate of drug-likeness (QED) is 0.733. The summed E-state index contributed by atoms with van der Waals surface area (Å²) in [7, 11) is 0. The van der Waals surface area contributed by atoms with Crippen molar-refractivity contribution in [1.29, 1.82) is 0 Å². The van der Waals surface area contributed by atoms with Gasteiger partial charge in [0.15, 0.2) is 0 Å². The molecule has 1 aromatic heterocycles. The maximum Gasteiger partial charge on any atom is 0.0607 e. The fourth-order valence-electron chi connectivity index (χ4n) is 4.91. The second kappa shape index (κ2) is 9.02. The molecule has 2 atom stereocenters. The number of rotatable bonds is 6. The average molecular weight is 376 g/mol. The number of aromatic nitrogens is 1. The second-order valence-electron chi connectivity index (χ2n) is 8.39. The first kappa shape index (κ1) is 19.4. The van der Waals surface area contributed by atoms with Crippen LogP contribution in [0.3, 0.4) is 0 Å². The average Bonchev–Trinajstić information content (AvgIpc) is 2.73. The van der Waals surface area contributed by atoms with E-state index in [1.54, 1.807) is 0 Å². The molecule has 148 valence electrons. The van der Waals surface area contributed by atoms with E-state index >= 15 is 0 Å². The monoisotopic (exact) mass is 375 g/mol. The van der Waals surface area contributed by atoms with Crippen molar-refractivity contribution in [2.45, 2.75) is 64.6 Å². The van der Waals surface area contributed by atoms with Gasteiger partial charge in [0, 0.05) is 31.9 Å². The maximum atomic E-state index is 4.82. The van der Waals surface area contributed by atoms with Crippen LogP contribution in [0, 0.1) is 0 Å². The zero-order valence-electron chi connectivity index (χ0n) is 17.3. The topological polar surface area (TPSA) is 28.2 Å². The van der Waals surface area contributed by atoms with Gasteiger partial charge in [0.25, 0.3) is 0 Å². The molecular formula is C25H33N3. The number of fused-ring (bicyclic) bond motifs is 2. The summed E-state index contributed by atoms with van der Waals surface area (Å²) in [4.78, 5) is 7.51. The summed E-state index contributed by atoms with van der Waals surface area (Å²) in [5, 5.41) is 3.79. The van der Waals surface area contributed by atoms with Gasteiger partial charge in [0.1, 0.15) is 0 Å². The van der Waals surface area contributed by atoms with Gasteiger partial charge in [-0.15, -0.1) is 0 Å². The second-order valence-corrected chi connectivity index (χ2v) is 8.39. The van der Waals surface area contributed by atoms with Gasteiger partial charge in [-0.25, -0.2) is 0 Å². The van der Waals surface area contributed by atoms with E-state index in [4.69, 9.17) is 4.98 Å². The fourth-order valence-corrected chi connectivity index (χ4v) is 4.91. The van der Waals surface area contributed by atoms with Crippen LogP contribution < -0.4 is 5.32 Å². The molecule has 1 aromatic carbocycles. The van der Waals surface area contributed by atoms with Crippen LogP contribution in [0.1, 0.15) is 61.5 Å². The molecule has 3 nitrogen and oxygen atoms in total. The van der Waals surface area contributed by atoms with Crippen LogP contribution in [0.2, 0.25) is 0 Å². The lowest BCUT2D eigenvalue weighted by atomic mass is 9.89. The van der Waals surface area contributed by atoms with Crippen LogP contribution in [-0.4, -0.2) is 29.0 Å². The number of hydrogen-bond acceptors (Lipinski definition) is 3.